The maximum Gasteiger partial charge on any atom is 0.241 e. The fourth-order valence-electron chi connectivity index (χ4n) is 4.94. The molecule has 6 rings (SSSR count). The first-order valence-corrected chi connectivity index (χ1v) is 11.8. The quantitative estimate of drug-likeness (QED) is 0.319. The molecule has 0 aliphatic carbocycles. The molecule has 7 nitrogen and oxygen atoms in total. The van der Waals surface area contributed by atoms with Crippen LogP contribution in [0.4, 0.5) is 5.69 Å². The molecule has 2 saturated heterocycles. The number of aromatic amines is 2. The van der Waals surface area contributed by atoms with Gasteiger partial charge in [-0.2, -0.15) is 5.10 Å². The van der Waals surface area contributed by atoms with E-state index in [2.05, 4.69) is 67.5 Å². The molecule has 2 aromatic carbocycles. The van der Waals surface area contributed by atoms with Crippen molar-refractivity contribution in [1.82, 2.24) is 25.8 Å². The molecule has 4 heterocycles. The van der Waals surface area contributed by atoms with Crippen LogP contribution in [-0.2, 0) is 4.79 Å². The average molecular weight is 441 g/mol. The van der Waals surface area contributed by atoms with Crippen molar-refractivity contribution in [3.63, 3.8) is 0 Å². The van der Waals surface area contributed by atoms with Gasteiger partial charge in [-0.15, -0.1) is 0 Å². The lowest BCUT2D eigenvalue weighted by molar-refractivity contribution is -0.117. The highest BCUT2D eigenvalue weighted by Gasteiger charge is 2.22. The van der Waals surface area contributed by atoms with Crippen molar-refractivity contribution >= 4 is 22.5 Å². The first-order valence-electron chi connectivity index (χ1n) is 11.8. The van der Waals surface area contributed by atoms with Crippen molar-refractivity contribution in [2.75, 3.05) is 18.4 Å². The van der Waals surface area contributed by atoms with E-state index < -0.39 is 0 Å². The molecular weight excluding hydrogens is 412 g/mol. The van der Waals surface area contributed by atoms with Crippen molar-refractivity contribution in [2.45, 2.75) is 37.8 Å². The largest absolute Gasteiger partial charge is 0.355 e. The first-order chi connectivity index (χ1) is 16.2. The van der Waals surface area contributed by atoms with Crippen LogP contribution >= 0.6 is 0 Å². The standard InChI is InChI=1S/C26H28N6O/c33-26(22-4-2-12-28-22)29-19-9-10-20-18(13-19)14-23(30-20)16-5-7-17(8-6-16)24-15-25(32-31-24)21-3-1-11-27-21/h5-10,13-15,21-22,27-28,30H,1-4,11-12H2,(H,29,33)(H,31,32)/t21-,22-/m0/s1. The topological polar surface area (TPSA) is 97.6 Å². The molecule has 4 aromatic rings. The Labute approximate surface area is 192 Å². The van der Waals surface area contributed by atoms with Crippen LogP contribution in [0.5, 0.6) is 0 Å². The zero-order chi connectivity index (χ0) is 22.2. The summed E-state index contributed by atoms with van der Waals surface area (Å²) in [5.74, 6) is 0.0448. The second-order valence-corrected chi connectivity index (χ2v) is 9.06. The van der Waals surface area contributed by atoms with Gasteiger partial charge in [-0.3, -0.25) is 9.89 Å². The molecule has 0 unspecified atom stereocenters. The number of aromatic nitrogens is 3. The van der Waals surface area contributed by atoms with Crippen LogP contribution in [0.3, 0.4) is 0 Å². The molecule has 5 N–H and O–H groups in total. The Morgan fingerprint density at radius 1 is 0.909 bits per heavy atom. The fourth-order valence-corrected chi connectivity index (χ4v) is 4.94. The highest BCUT2D eigenvalue weighted by atomic mass is 16.2. The summed E-state index contributed by atoms with van der Waals surface area (Å²) < 4.78 is 0. The van der Waals surface area contributed by atoms with Gasteiger partial charge >= 0.3 is 0 Å². The third kappa shape index (κ3) is 4.05. The molecule has 2 aliphatic rings. The lowest BCUT2D eigenvalue weighted by Crippen LogP contribution is -2.35. The van der Waals surface area contributed by atoms with Gasteiger partial charge in [-0.25, -0.2) is 0 Å². The Morgan fingerprint density at radius 2 is 1.73 bits per heavy atom. The Morgan fingerprint density at radius 3 is 2.52 bits per heavy atom. The molecule has 2 atom stereocenters. The van der Waals surface area contributed by atoms with E-state index in [1.807, 2.05) is 18.2 Å². The monoisotopic (exact) mass is 440 g/mol. The van der Waals surface area contributed by atoms with E-state index in [1.54, 1.807) is 0 Å². The number of hydrogen-bond acceptors (Lipinski definition) is 4. The van der Waals surface area contributed by atoms with E-state index in [-0.39, 0.29) is 11.9 Å². The molecule has 1 amide bonds. The van der Waals surface area contributed by atoms with Crippen molar-refractivity contribution in [2.24, 2.45) is 0 Å². The van der Waals surface area contributed by atoms with Crippen LogP contribution in [-0.4, -0.2) is 40.2 Å². The summed E-state index contributed by atoms with van der Waals surface area (Å²) in [5, 5.41) is 18.6. The molecule has 0 radical (unpaired) electrons. The number of amides is 1. The summed E-state index contributed by atoms with van der Waals surface area (Å²) in [5.41, 5.74) is 7.27. The van der Waals surface area contributed by atoms with E-state index in [0.717, 1.165) is 77.2 Å². The zero-order valence-electron chi connectivity index (χ0n) is 18.4. The maximum atomic E-state index is 12.4. The van der Waals surface area contributed by atoms with Gasteiger partial charge in [0.15, 0.2) is 0 Å². The maximum absolute atomic E-state index is 12.4. The number of nitrogens with one attached hydrogen (secondary N) is 5. The molecule has 7 heteroatoms. The van der Waals surface area contributed by atoms with Crippen molar-refractivity contribution in [1.29, 1.82) is 0 Å². The van der Waals surface area contributed by atoms with Crippen molar-refractivity contribution in [3.05, 3.63) is 60.3 Å². The molecule has 2 fully saturated rings. The van der Waals surface area contributed by atoms with E-state index in [1.165, 1.54) is 6.42 Å². The van der Waals surface area contributed by atoms with Crippen LogP contribution in [0.25, 0.3) is 33.4 Å². The minimum Gasteiger partial charge on any atom is -0.355 e. The van der Waals surface area contributed by atoms with Crippen LogP contribution < -0.4 is 16.0 Å². The first kappa shape index (κ1) is 20.2. The number of hydrogen-bond donors (Lipinski definition) is 5. The summed E-state index contributed by atoms with van der Waals surface area (Å²) in [6, 6.07) is 19.1. The molecule has 168 valence electrons. The number of nitrogens with zero attached hydrogens (tertiary/aromatic N) is 1. The van der Waals surface area contributed by atoms with Gasteiger partial charge in [0.1, 0.15) is 0 Å². The third-order valence-corrected chi connectivity index (χ3v) is 6.79. The van der Waals surface area contributed by atoms with Gasteiger partial charge in [-0.1, -0.05) is 24.3 Å². The smallest absolute Gasteiger partial charge is 0.241 e. The molecule has 2 aromatic heterocycles. The summed E-state index contributed by atoms with van der Waals surface area (Å²) in [4.78, 5) is 15.9. The normalized spacial score (nSPS) is 20.5. The summed E-state index contributed by atoms with van der Waals surface area (Å²) in [7, 11) is 0. The van der Waals surface area contributed by atoms with Gasteiger partial charge in [0.05, 0.1) is 17.4 Å². The number of carbonyl (C=O) groups is 1. The van der Waals surface area contributed by atoms with Crippen LogP contribution in [0, 0.1) is 0 Å². The van der Waals surface area contributed by atoms with Gasteiger partial charge in [0.25, 0.3) is 0 Å². The highest BCUT2D eigenvalue weighted by Crippen LogP contribution is 2.29. The number of benzene rings is 2. The second-order valence-electron chi connectivity index (χ2n) is 9.06. The predicted octanol–water partition coefficient (Wildman–Crippen LogP) is 4.34. The van der Waals surface area contributed by atoms with Crippen molar-refractivity contribution in [3.8, 4) is 22.5 Å². The number of anilines is 1. The fraction of sp³-hybridized carbons (Fsp3) is 0.308. The van der Waals surface area contributed by atoms with E-state index in [4.69, 9.17) is 0 Å². The Balaban J connectivity index is 1.19. The van der Waals surface area contributed by atoms with Gasteiger partial charge < -0.3 is 20.9 Å². The highest BCUT2D eigenvalue weighted by molar-refractivity contribution is 5.97. The SMILES string of the molecule is O=C(Nc1ccc2[nH]c(-c3ccc(-c4cc([C@@H]5CCCN5)[nH]n4)cc3)cc2c1)[C@@H]1CCCN1. The third-order valence-electron chi connectivity index (χ3n) is 6.79. The summed E-state index contributed by atoms with van der Waals surface area (Å²) in [6.45, 7) is 1.99. The average Bonchev–Trinajstić information content (AvgIpc) is 3.64. The lowest BCUT2D eigenvalue weighted by Gasteiger charge is -2.11. The minimum absolute atomic E-state index is 0.0448. The van der Waals surface area contributed by atoms with Gasteiger partial charge in [0, 0.05) is 33.9 Å². The minimum atomic E-state index is -0.0824. The van der Waals surface area contributed by atoms with E-state index >= 15 is 0 Å². The second kappa shape index (κ2) is 8.50. The molecule has 33 heavy (non-hydrogen) atoms. The summed E-state index contributed by atoms with van der Waals surface area (Å²) in [6.07, 6.45) is 4.32. The Bertz CT molecular complexity index is 1280. The van der Waals surface area contributed by atoms with Crippen LogP contribution in [0.2, 0.25) is 0 Å². The van der Waals surface area contributed by atoms with Gasteiger partial charge in [-0.05, 0) is 74.7 Å². The molecule has 0 spiro atoms. The van der Waals surface area contributed by atoms with Gasteiger partial charge in [0.2, 0.25) is 5.91 Å². The van der Waals surface area contributed by atoms with E-state index in [0.29, 0.717) is 6.04 Å². The Kier molecular flexibility index (Phi) is 5.20. The predicted molar refractivity (Wildman–Crippen MR) is 131 cm³/mol. The van der Waals surface area contributed by atoms with Crippen LogP contribution in [0.1, 0.15) is 37.4 Å². The van der Waals surface area contributed by atoms with E-state index in [9.17, 15) is 4.79 Å². The zero-order valence-corrected chi connectivity index (χ0v) is 18.4. The number of fused-ring (bicyclic) bond motifs is 1. The molecular formula is C26H28N6O. The Hall–Kier alpha value is -3.42. The number of carbonyl (C=O) groups excluding carboxylic acids is 1. The number of H-pyrrole nitrogens is 2. The van der Waals surface area contributed by atoms with Crippen LogP contribution in [0.15, 0.2) is 54.6 Å². The molecule has 2 aliphatic heterocycles. The summed E-state index contributed by atoms with van der Waals surface area (Å²) >= 11 is 0. The van der Waals surface area contributed by atoms with Crippen molar-refractivity contribution < 1.29 is 4.79 Å². The lowest BCUT2D eigenvalue weighted by atomic mass is 10.1. The molecule has 0 bridgehead atoms. The molecule has 0 saturated carbocycles. The number of rotatable bonds is 5.